The van der Waals surface area contributed by atoms with Crippen LogP contribution in [0.5, 0.6) is 5.75 Å². The molecule has 5 heteroatoms. The monoisotopic (exact) mass is 263 g/mol. The fourth-order valence-corrected chi connectivity index (χ4v) is 2.23. The zero-order valence-corrected chi connectivity index (χ0v) is 11.0. The Labute approximate surface area is 113 Å². The number of anilines is 1. The molecule has 4 N–H and O–H groups in total. The van der Waals surface area contributed by atoms with Crippen LogP contribution < -0.4 is 21.1 Å². The third-order valence-corrected chi connectivity index (χ3v) is 3.16. The van der Waals surface area contributed by atoms with Crippen molar-refractivity contribution in [1.29, 1.82) is 0 Å². The summed E-state index contributed by atoms with van der Waals surface area (Å²) in [6, 6.07) is 8.13. The summed E-state index contributed by atoms with van der Waals surface area (Å²) in [4.78, 5) is 10.7. The van der Waals surface area contributed by atoms with Crippen molar-refractivity contribution in [3.63, 3.8) is 0 Å². The number of benzene rings is 1. The van der Waals surface area contributed by atoms with E-state index in [-0.39, 0.29) is 6.61 Å². The van der Waals surface area contributed by atoms with Gasteiger partial charge in [0.2, 0.25) is 0 Å². The van der Waals surface area contributed by atoms with Gasteiger partial charge in [-0.05, 0) is 44.5 Å². The second-order valence-electron chi connectivity index (χ2n) is 4.80. The number of nitrogens with one attached hydrogen (secondary N) is 2. The molecule has 0 bridgehead atoms. The minimum absolute atomic E-state index is 0.0865. The van der Waals surface area contributed by atoms with Crippen LogP contribution in [0.3, 0.4) is 0 Å². The number of hydrogen-bond donors (Lipinski definition) is 3. The van der Waals surface area contributed by atoms with Gasteiger partial charge in [0.25, 0.3) is 5.91 Å². The smallest absolute Gasteiger partial charge is 0.255 e. The van der Waals surface area contributed by atoms with E-state index in [0.29, 0.717) is 11.8 Å². The summed E-state index contributed by atoms with van der Waals surface area (Å²) in [5.74, 6) is 0.198. The molecule has 1 amide bonds. The molecule has 1 atom stereocenters. The molecule has 1 saturated heterocycles. The normalized spacial score (nSPS) is 19.5. The number of amides is 1. The lowest BCUT2D eigenvalue weighted by molar-refractivity contribution is -0.119. The topological polar surface area (TPSA) is 76.4 Å². The lowest BCUT2D eigenvalue weighted by Gasteiger charge is -2.17. The highest BCUT2D eigenvalue weighted by molar-refractivity contribution is 5.75. The van der Waals surface area contributed by atoms with Gasteiger partial charge in [0, 0.05) is 17.8 Å². The van der Waals surface area contributed by atoms with Gasteiger partial charge in [-0.1, -0.05) is 6.07 Å². The van der Waals surface area contributed by atoms with Gasteiger partial charge >= 0.3 is 0 Å². The Morgan fingerprint density at radius 1 is 1.42 bits per heavy atom. The van der Waals surface area contributed by atoms with Crippen LogP contribution in [-0.4, -0.2) is 31.6 Å². The Morgan fingerprint density at radius 2 is 2.32 bits per heavy atom. The van der Waals surface area contributed by atoms with Crippen molar-refractivity contribution in [3.05, 3.63) is 24.3 Å². The molecule has 1 aromatic rings. The molecular weight excluding hydrogens is 242 g/mol. The minimum atomic E-state index is -0.465. The third-order valence-electron chi connectivity index (χ3n) is 3.16. The molecule has 1 aliphatic heterocycles. The Balaban J connectivity index is 1.91. The molecule has 0 aliphatic carbocycles. The van der Waals surface area contributed by atoms with Crippen molar-refractivity contribution in [1.82, 2.24) is 5.32 Å². The van der Waals surface area contributed by atoms with Gasteiger partial charge in [-0.3, -0.25) is 4.79 Å². The predicted molar refractivity (Wildman–Crippen MR) is 75.3 cm³/mol. The van der Waals surface area contributed by atoms with Crippen molar-refractivity contribution < 1.29 is 9.53 Å². The highest BCUT2D eigenvalue weighted by Gasteiger charge is 2.11. The molecule has 0 spiro atoms. The Bertz CT molecular complexity index is 415. The molecule has 1 heterocycles. The maximum absolute atomic E-state index is 10.7. The van der Waals surface area contributed by atoms with E-state index in [2.05, 4.69) is 10.6 Å². The molecular formula is C14H21N3O2. The summed E-state index contributed by atoms with van der Waals surface area (Å²) in [6.45, 7) is 2.06. The molecule has 19 heavy (non-hydrogen) atoms. The van der Waals surface area contributed by atoms with Gasteiger partial charge in [0.15, 0.2) is 6.61 Å². The van der Waals surface area contributed by atoms with Crippen LogP contribution in [-0.2, 0) is 4.79 Å². The van der Waals surface area contributed by atoms with E-state index in [1.54, 1.807) is 0 Å². The van der Waals surface area contributed by atoms with Crippen molar-refractivity contribution in [2.24, 2.45) is 5.73 Å². The number of nitrogens with two attached hydrogens (primary N) is 1. The number of ether oxygens (including phenoxy) is 1. The van der Waals surface area contributed by atoms with Crippen LogP contribution in [0.2, 0.25) is 0 Å². The first-order valence-corrected chi connectivity index (χ1v) is 6.72. The lowest BCUT2D eigenvalue weighted by atomic mass is 10.1. The van der Waals surface area contributed by atoms with Gasteiger partial charge in [0.05, 0.1) is 0 Å². The number of carbonyl (C=O) groups is 1. The second kappa shape index (κ2) is 6.99. The van der Waals surface area contributed by atoms with Gasteiger partial charge in [-0.2, -0.15) is 0 Å². The van der Waals surface area contributed by atoms with E-state index in [0.717, 1.165) is 25.2 Å². The molecule has 0 saturated carbocycles. The van der Waals surface area contributed by atoms with Crippen LogP contribution in [0.4, 0.5) is 5.69 Å². The molecule has 1 fully saturated rings. The minimum Gasteiger partial charge on any atom is -0.484 e. The summed E-state index contributed by atoms with van der Waals surface area (Å²) < 4.78 is 5.30. The molecule has 5 nitrogen and oxygen atoms in total. The number of carbonyl (C=O) groups excluding carboxylic acids is 1. The highest BCUT2D eigenvalue weighted by Crippen LogP contribution is 2.20. The quantitative estimate of drug-likeness (QED) is 0.743. The molecule has 2 rings (SSSR count). The fourth-order valence-electron chi connectivity index (χ4n) is 2.23. The van der Waals surface area contributed by atoms with Crippen LogP contribution in [0.15, 0.2) is 24.3 Å². The average Bonchev–Trinajstić information content (AvgIpc) is 2.65. The molecule has 0 aromatic heterocycles. The highest BCUT2D eigenvalue weighted by atomic mass is 16.5. The molecule has 1 unspecified atom stereocenters. The number of primary amides is 1. The zero-order chi connectivity index (χ0) is 13.5. The largest absolute Gasteiger partial charge is 0.484 e. The maximum Gasteiger partial charge on any atom is 0.255 e. The molecule has 1 aromatic carbocycles. The first-order chi connectivity index (χ1) is 9.24. The molecule has 1 aliphatic rings. The summed E-state index contributed by atoms with van der Waals surface area (Å²) in [7, 11) is 0. The van der Waals surface area contributed by atoms with Crippen molar-refractivity contribution in [2.45, 2.75) is 25.3 Å². The van der Waals surface area contributed by atoms with Crippen molar-refractivity contribution in [2.75, 3.05) is 25.0 Å². The van der Waals surface area contributed by atoms with Crippen LogP contribution in [0.1, 0.15) is 19.3 Å². The van der Waals surface area contributed by atoms with E-state index in [4.69, 9.17) is 10.5 Å². The molecule has 0 radical (unpaired) electrons. The zero-order valence-electron chi connectivity index (χ0n) is 11.0. The van der Waals surface area contributed by atoms with Gasteiger partial charge < -0.3 is 21.1 Å². The van der Waals surface area contributed by atoms with Crippen molar-refractivity contribution in [3.8, 4) is 5.75 Å². The van der Waals surface area contributed by atoms with Crippen LogP contribution in [0.25, 0.3) is 0 Å². The molecule has 104 valence electrons. The fraction of sp³-hybridized carbons (Fsp3) is 0.500. The van der Waals surface area contributed by atoms with Gasteiger partial charge in [-0.25, -0.2) is 0 Å². The average molecular weight is 263 g/mol. The van der Waals surface area contributed by atoms with E-state index in [1.807, 2.05) is 24.3 Å². The SMILES string of the molecule is NC(=O)COc1cccc(NC2CCCNCC2)c1. The Hall–Kier alpha value is -1.75. The maximum atomic E-state index is 10.7. The number of rotatable bonds is 5. The summed E-state index contributed by atoms with van der Waals surface area (Å²) in [5.41, 5.74) is 6.08. The Morgan fingerprint density at radius 3 is 3.16 bits per heavy atom. The number of hydrogen-bond acceptors (Lipinski definition) is 4. The van der Waals surface area contributed by atoms with Crippen LogP contribution >= 0.6 is 0 Å². The van der Waals surface area contributed by atoms with E-state index in [1.165, 1.54) is 12.8 Å². The Kier molecular flexibility index (Phi) is 5.03. The summed E-state index contributed by atoms with van der Waals surface area (Å²) in [5, 5.41) is 6.90. The predicted octanol–water partition coefficient (Wildman–Crippen LogP) is 1.10. The van der Waals surface area contributed by atoms with Crippen LogP contribution in [0, 0.1) is 0 Å². The van der Waals surface area contributed by atoms with Crippen molar-refractivity contribution >= 4 is 11.6 Å². The van der Waals surface area contributed by atoms with Gasteiger partial charge in [-0.15, -0.1) is 0 Å². The summed E-state index contributed by atoms with van der Waals surface area (Å²) in [6.07, 6.45) is 3.47. The first kappa shape index (κ1) is 13.7. The first-order valence-electron chi connectivity index (χ1n) is 6.72. The van der Waals surface area contributed by atoms with E-state index in [9.17, 15) is 4.79 Å². The lowest BCUT2D eigenvalue weighted by Crippen LogP contribution is -2.22. The van der Waals surface area contributed by atoms with E-state index >= 15 is 0 Å². The summed E-state index contributed by atoms with van der Waals surface area (Å²) >= 11 is 0. The third kappa shape index (κ3) is 4.79. The van der Waals surface area contributed by atoms with Gasteiger partial charge in [0.1, 0.15) is 5.75 Å². The second-order valence-corrected chi connectivity index (χ2v) is 4.80. The standard InChI is InChI=1S/C14H21N3O2/c15-14(18)10-19-13-5-1-3-12(9-13)17-11-4-2-7-16-8-6-11/h1,3,5,9,11,16-17H,2,4,6-8,10H2,(H2,15,18). The van der Waals surface area contributed by atoms with E-state index < -0.39 is 5.91 Å².